The molecule has 2 aromatic rings. The Hall–Kier alpha value is -3.02. The van der Waals surface area contributed by atoms with Crippen molar-refractivity contribution in [1.82, 2.24) is 0 Å². The van der Waals surface area contributed by atoms with Gasteiger partial charge in [-0.05, 0) is 102 Å². The molecule has 0 unspecified atom stereocenters. The number of rotatable bonds is 3. The second-order valence-corrected chi connectivity index (χ2v) is 9.31. The Labute approximate surface area is 179 Å². The fourth-order valence-corrected chi connectivity index (χ4v) is 2.93. The molecule has 0 heterocycles. The van der Waals surface area contributed by atoms with Gasteiger partial charge in [0, 0.05) is 11.4 Å². The Morgan fingerprint density at radius 3 is 1.27 bits per heavy atom. The maximum Gasteiger partial charge on any atom is 0.412 e. The first-order chi connectivity index (χ1) is 13.7. The summed E-state index contributed by atoms with van der Waals surface area (Å²) in [6.07, 6.45) is -0.966. The molecule has 0 aliphatic carbocycles. The van der Waals surface area contributed by atoms with E-state index in [-0.39, 0.29) is 0 Å². The van der Waals surface area contributed by atoms with Gasteiger partial charge in [-0.15, -0.1) is 0 Å². The summed E-state index contributed by atoms with van der Waals surface area (Å²) in [5.41, 5.74) is 4.37. The van der Waals surface area contributed by atoms with Crippen LogP contribution < -0.4 is 10.6 Å². The Morgan fingerprint density at radius 1 is 0.667 bits per heavy atom. The van der Waals surface area contributed by atoms with Crippen LogP contribution in [0.25, 0.3) is 11.1 Å². The van der Waals surface area contributed by atoms with E-state index in [1.807, 2.05) is 91.8 Å². The highest BCUT2D eigenvalue weighted by Gasteiger charge is 2.18. The van der Waals surface area contributed by atoms with Gasteiger partial charge in [0.05, 0.1) is 0 Å². The summed E-state index contributed by atoms with van der Waals surface area (Å²) < 4.78 is 10.6. The number of carbonyl (C=O) groups is 2. The lowest BCUT2D eigenvalue weighted by Gasteiger charge is -2.20. The quantitative estimate of drug-likeness (QED) is 0.590. The van der Waals surface area contributed by atoms with Crippen molar-refractivity contribution < 1.29 is 19.1 Å². The van der Waals surface area contributed by atoms with Crippen molar-refractivity contribution in [3.63, 3.8) is 0 Å². The number of anilines is 2. The number of aryl methyl sites for hydroxylation is 2. The first kappa shape index (κ1) is 23.3. The van der Waals surface area contributed by atoms with Crippen molar-refractivity contribution >= 4 is 23.6 Å². The molecule has 0 radical (unpaired) electrons. The summed E-state index contributed by atoms with van der Waals surface area (Å²) in [5, 5.41) is 5.52. The van der Waals surface area contributed by atoms with Gasteiger partial charge in [-0.1, -0.05) is 12.1 Å². The normalized spacial score (nSPS) is 11.6. The molecule has 2 rings (SSSR count). The molecule has 2 N–H and O–H groups in total. The van der Waals surface area contributed by atoms with Gasteiger partial charge in [0.2, 0.25) is 0 Å². The topological polar surface area (TPSA) is 76.7 Å². The first-order valence-electron chi connectivity index (χ1n) is 9.95. The van der Waals surface area contributed by atoms with Crippen LogP contribution in [0.2, 0.25) is 0 Å². The van der Waals surface area contributed by atoms with Crippen LogP contribution in [-0.2, 0) is 9.47 Å². The Kier molecular flexibility index (Phi) is 6.80. The fraction of sp³-hybridized carbons (Fsp3) is 0.417. The molecule has 0 spiro atoms. The minimum atomic E-state index is -0.550. The van der Waals surface area contributed by atoms with Gasteiger partial charge in [-0.2, -0.15) is 0 Å². The number of hydrogen-bond acceptors (Lipinski definition) is 4. The molecule has 162 valence electrons. The van der Waals surface area contributed by atoms with Gasteiger partial charge >= 0.3 is 12.2 Å². The van der Waals surface area contributed by atoms with E-state index >= 15 is 0 Å². The van der Waals surface area contributed by atoms with Crippen LogP contribution in [0.4, 0.5) is 21.0 Å². The number of benzene rings is 2. The van der Waals surface area contributed by atoms with Crippen molar-refractivity contribution in [1.29, 1.82) is 0 Å². The van der Waals surface area contributed by atoms with Crippen LogP contribution in [0, 0.1) is 13.8 Å². The summed E-state index contributed by atoms with van der Waals surface area (Å²) in [6.45, 7) is 14.9. The van der Waals surface area contributed by atoms with Crippen LogP contribution in [0.3, 0.4) is 0 Å². The summed E-state index contributed by atoms with van der Waals surface area (Å²) in [7, 11) is 0. The Bertz CT molecular complexity index is 860. The summed E-state index contributed by atoms with van der Waals surface area (Å²) in [4.78, 5) is 24.0. The molecule has 2 amide bonds. The van der Waals surface area contributed by atoms with E-state index < -0.39 is 23.4 Å². The van der Waals surface area contributed by atoms with E-state index in [2.05, 4.69) is 10.6 Å². The standard InChI is InChI=1S/C24H32N2O4/c1-15-13-17(25-21(27)29-23(3,4)5)9-11-19(15)20-12-10-18(14-16(20)2)26-22(28)30-24(6,7)8/h9-14H,1-8H3,(H,25,27)(H,26,28). The smallest absolute Gasteiger partial charge is 0.412 e. The molecule has 0 bridgehead atoms. The highest BCUT2D eigenvalue weighted by atomic mass is 16.6. The Balaban J connectivity index is 2.16. The van der Waals surface area contributed by atoms with Gasteiger partial charge in [0.15, 0.2) is 0 Å². The van der Waals surface area contributed by atoms with Gasteiger partial charge in [-0.3, -0.25) is 10.6 Å². The molecule has 2 aromatic carbocycles. The summed E-state index contributed by atoms with van der Waals surface area (Å²) >= 11 is 0. The second-order valence-electron chi connectivity index (χ2n) is 9.31. The highest BCUT2D eigenvalue weighted by Crippen LogP contribution is 2.30. The van der Waals surface area contributed by atoms with Crippen molar-refractivity contribution in [3.05, 3.63) is 47.5 Å². The van der Waals surface area contributed by atoms with Crippen LogP contribution in [0.1, 0.15) is 52.7 Å². The van der Waals surface area contributed by atoms with Crippen molar-refractivity contribution in [2.75, 3.05) is 10.6 Å². The molecule has 0 fully saturated rings. The third kappa shape index (κ3) is 7.10. The zero-order valence-electron chi connectivity index (χ0n) is 19.1. The van der Waals surface area contributed by atoms with Crippen molar-refractivity contribution in [2.45, 2.75) is 66.6 Å². The third-order valence-electron chi connectivity index (χ3n) is 4.03. The number of carbonyl (C=O) groups excluding carboxylic acids is 2. The molecule has 30 heavy (non-hydrogen) atoms. The maximum atomic E-state index is 12.0. The Morgan fingerprint density at radius 2 is 1.00 bits per heavy atom. The molecule has 0 aromatic heterocycles. The number of hydrogen-bond donors (Lipinski definition) is 2. The highest BCUT2D eigenvalue weighted by molar-refractivity contribution is 5.87. The molecule has 6 heteroatoms. The zero-order valence-corrected chi connectivity index (χ0v) is 19.1. The van der Waals surface area contributed by atoms with E-state index in [1.165, 1.54) is 0 Å². The van der Waals surface area contributed by atoms with Crippen LogP contribution >= 0.6 is 0 Å². The summed E-state index contributed by atoms with van der Waals surface area (Å²) in [6, 6.07) is 11.4. The summed E-state index contributed by atoms with van der Waals surface area (Å²) in [5.74, 6) is 0. The van der Waals surface area contributed by atoms with E-state index in [1.54, 1.807) is 0 Å². The molecule has 0 atom stereocenters. The molecule has 6 nitrogen and oxygen atoms in total. The van der Waals surface area contributed by atoms with E-state index in [4.69, 9.17) is 9.47 Å². The van der Waals surface area contributed by atoms with E-state index in [0.29, 0.717) is 11.4 Å². The van der Waals surface area contributed by atoms with Crippen LogP contribution in [0.15, 0.2) is 36.4 Å². The van der Waals surface area contributed by atoms with E-state index in [0.717, 1.165) is 22.3 Å². The monoisotopic (exact) mass is 412 g/mol. The number of nitrogens with one attached hydrogen (secondary N) is 2. The molecule has 0 aliphatic heterocycles. The second kappa shape index (κ2) is 8.78. The first-order valence-corrected chi connectivity index (χ1v) is 9.95. The molecule has 0 aliphatic rings. The van der Waals surface area contributed by atoms with Crippen LogP contribution in [-0.4, -0.2) is 23.4 Å². The minimum Gasteiger partial charge on any atom is -0.444 e. The van der Waals surface area contributed by atoms with Crippen molar-refractivity contribution in [3.8, 4) is 11.1 Å². The number of amides is 2. The lowest BCUT2D eigenvalue weighted by Crippen LogP contribution is -2.27. The average Bonchev–Trinajstić information content (AvgIpc) is 2.52. The van der Waals surface area contributed by atoms with Gasteiger partial charge in [0.1, 0.15) is 11.2 Å². The molecular formula is C24H32N2O4. The zero-order chi connectivity index (χ0) is 22.7. The van der Waals surface area contributed by atoms with Gasteiger partial charge in [0.25, 0.3) is 0 Å². The molecule has 0 saturated heterocycles. The van der Waals surface area contributed by atoms with Gasteiger partial charge < -0.3 is 9.47 Å². The maximum absolute atomic E-state index is 12.0. The number of ether oxygens (including phenoxy) is 2. The predicted molar refractivity (Wildman–Crippen MR) is 121 cm³/mol. The fourth-order valence-electron chi connectivity index (χ4n) is 2.93. The molecular weight excluding hydrogens is 380 g/mol. The lowest BCUT2D eigenvalue weighted by molar-refractivity contribution is 0.0624. The average molecular weight is 413 g/mol. The van der Waals surface area contributed by atoms with Crippen LogP contribution in [0.5, 0.6) is 0 Å². The third-order valence-corrected chi connectivity index (χ3v) is 4.03. The van der Waals surface area contributed by atoms with E-state index in [9.17, 15) is 9.59 Å². The predicted octanol–water partition coefficient (Wildman–Crippen LogP) is 6.66. The lowest BCUT2D eigenvalue weighted by atomic mass is 9.96. The minimum absolute atomic E-state index is 0.483. The van der Waals surface area contributed by atoms with Crippen molar-refractivity contribution in [2.24, 2.45) is 0 Å². The SMILES string of the molecule is Cc1cc(NC(=O)OC(C)(C)C)ccc1-c1ccc(NC(=O)OC(C)(C)C)cc1C. The largest absolute Gasteiger partial charge is 0.444 e. The molecule has 0 saturated carbocycles. The van der Waals surface area contributed by atoms with Gasteiger partial charge in [-0.25, -0.2) is 9.59 Å².